The highest BCUT2D eigenvalue weighted by molar-refractivity contribution is 7.09. The van der Waals surface area contributed by atoms with Crippen molar-refractivity contribution in [3.8, 4) is 0 Å². The summed E-state index contributed by atoms with van der Waals surface area (Å²) in [5.41, 5.74) is 7.46. The summed E-state index contributed by atoms with van der Waals surface area (Å²) in [7, 11) is 1.60. The van der Waals surface area contributed by atoms with Crippen LogP contribution in [-0.2, 0) is 13.0 Å². The van der Waals surface area contributed by atoms with E-state index in [2.05, 4.69) is 15.6 Å². The zero-order valence-corrected chi connectivity index (χ0v) is 14.3. The number of aromatic nitrogens is 1. The number of amides is 2. The van der Waals surface area contributed by atoms with Crippen molar-refractivity contribution in [1.82, 2.24) is 15.6 Å². The van der Waals surface area contributed by atoms with Gasteiger partial charge in [-0.1, -0.05) is 12.1 Å². The minimum atomic E-state index is -0.210. The molecule has 4 N–H and O–H groups in total. The number of hydrogen-bond donors (Lipinski definition) is 3. The number of rotatable bonds is 6. The van der Waals surface area contributed by atoms with E-state index in [1.165, 1.54) is 11.3 Å². The van der Waals surface area contributed by atoms with Crippen molar-refractivity contribution < 1.29 is 9.59 Å². The Balaban J connectivity index is 0.00000264. The van der Waals surface area contributed by atoms with Gasteiger partial charge >= 0.3 is 0 Å². The van der Waals surface area contributed by atoms with E-state index in [1.54, 1.807) is 18.5 Å². The lowest BCUT2D eigenvalue weighted by Gasteiger charge is -2.06. The molecule has 1 heterocycles. The van der Waals surface area contributed by atoms with Crippen molar-refractivity contribution in [2.75, 3.05) is 13.6 Å². The van der Waals surface area contributed by atoms with Crippen LogP contribution in [-0.4, -0.2) is 30.4 Å². The molecule has 0 aliphatic carbocycles. The summed E-state index contributed by atoms with van der Waals surface area (Å²) >= 11 is 1.37. The number of carbonyl (C=O) groups excluding carboxylic acids is 2. The molecule has 124 valence electrons. The number of carbonyl (C=O) groups is 2. The molecule has 23 heavy (non-hydrogen) atoms. The molecule has 0 radical (unpaired) electrons. The molecule has 2 amide bonds. The summed E-state index contributed by atoms with van der Waals surface area (Å²) in [5, 5.41) is 7.83. The Bertz CT molecular complexity index is 675. The first-order valence-electron chi connectivity index (χ1n) is 6.87. The van der Waals surface area contributed by atoms with Crippen molar-refractivity contribution in [2.45, 2.75) is 13.0 Å². The molecular formula is C15H19ClN4O2S. The number of halogens is 1. The molecule has 1 aromatic heterocycles. The van der Waals surface area contributed by atoms with Crippen molar-refractivity contribution in [2.24, 2.45) is 5.73 Å². The largest absolute Gasteiger partial charge is 0.355 e. The van der Waals surface area contributed by atoms with Crippen LogP contribution in [0.4, 0.5) is 0 Å². The average Bonchev–Trinajstić information content (AvgIpc) is 3.03. The van der Waals surface area contributed by atoms with Gasteiger partial charge in [-0.05, 0) is 24.1 Å². The number of nitrogens with two attached hydrogens (primary N) is 1. The number of thiazole rings is 1. The molecule has 2 aromatic rings. The lowest BCUT2D eigenvalue weighted by molar-refractivity contribution is 0.0945. The van der Waals surface area contributed by atoms with E-state index in [4.69, 9.17) is 5.73 Å². The lowest BCUT2D eigenvalue weighted by atomic mass is 10.1. The lowest BCUT2D eigenvalue weighted by Crippen LogP contribution is -2.26. The number of nitrogens with zero attached hydrogens (tertiary/aromatic N) is 1. The third-order valence-electron chi connectivity index (χ3n) is 3.07. The third kappa shape index (κ3) is 5.31. The fraction of sp³-hybridized carbons (Fsp3) is 0.267. The van der Waals surface area contributed by atoms with Gasteiger partial charge in [0, 0.05) is 31.1 Å². The maximum Gasteiger partial charge on any atom is 0.270 e. The second-order valence-corrected chi connectivity index (χ2v) is 5.56. The van der Waals surface area contributed by atoms with Crippen LogP contribution >= 0.6 is 23.7 Å². The van der Waals surface area contributed by atoms with E-state index in [9.17, 15) is 9.59 Å². The predicted octanol–water partition coefficient (Wildman–Crippen LogP) is 1.36. The van der Waals surface area contributed by atoms with Gasteiger partial charge in [0.2, 0.25) is 0 Å². The van der Waals surface area contributed by atoms with Crippen molar-refractivity contribution >= 4 is 35.6 Å². The van der Waals surface area contributed by atoms with Crippen LogP contribution in [0.1, 0.15) is 31.4 Å². The SMILES string of the molecule is CNC(=O)c1cccc(CCNC(=O)c2csc(CN)n2)c1.Cl. The van der Waals surface area contributed by atoms with Gasteiger partial charge in [0.05, 0.1) is 0 Å². The summed E-state index contributed by atoms with van der Waals surface area (Å²) in [5.74, 6) is -0.332. The highest BCUT2D eigenvalue weighted by Gasteiger charge is 2.09. The molecule has 0 aliphatic heterocycles. The van der Waals surface area contributed by atoms with E-state index in [0.717, 1.165) is 10.6 Å². The highest BCUT2D eigenvalue weighted by Crippen LogP contribution is 2.09. The predicted molar refractivity (Wildman–Crippen MR) is 93.1 cm³/mol. The van der Waals surface area contributed by atoms with E-state index in [1.807, 2.05) is 18.2 Å². The number of hydrogen-bond acceptors (Lipinski definition) is 5. The maximum absolute atomic E-state index is 11.9. The first kappa shape index (κ1) is 19.1. The summed E-state index contributed by atoms with van der Waals surface area (Å²) in [6.45, 7) is 0.815. The first-order valence-corrected chi connectivity index (χ1v) is 7.75. The Morgan fingerprint density at radius 1 is 1.30 bits per heavy atom. The Hall–Kier alpha value is -1.96. The van der Waals surface area contributed by atoms with Crippen LogP contribution in [0.3, 0.4) is 0 Å². The van der Waals surface area contributed by atoms with Crippen LogP contribution in [0.5, 0.6) is 0 Å². The van der Waals surface area contributed by atoms with Crippen LogP contribution in [0, 0.1) is 0 Å². The van der Waals surface area contributed by atoms with Gasteiger partial charge in [0.1, 0.15) is 10.7 Å². The Morgan fingerprint density at radius 2 is 2.09 bits per heavy atom. The monoisotopic (exact) mass is 354 g/mol. The topological polar surface area (TPSA) is 97.1 Å². The van der Waals surface area contributed by atoms with Gasteiger partial charge in [-0.3, -0.25) is 9.59 Å². The zero-order chi connectivity index (χ0) is 15.9. The van der Waals surface area contributed by atoms with Gasteiger partial charge < -0.3 is 16.4 Å². The minimum Gasteiger partial charge on any atom is -0.355 e. The number of benzene rings is 1. The number of nitrogens with one attached hydrogen (secondary N) is 2. The summed E-state index contributed by atoms with van der Waals surface area (Å²) in [6.07, 6.45) is 0.643. The Kier molecular flexibility index (Phi) is 7.67. The van der Waals surface area contributed by atoms with Gasteiger partial charge in [0.25, 0.3) is 11.8 Å². The quantitative estimate of drug-likeness (QED) is 0.729. The molecule has 0 saturated carbocycles. The van der Waals surface area contributed by atoms with E-state index in [-0.39, 0.29) is 24.2 Å². The van der Waals surface area contributed by atoms with E-state index in [0.29, 0.717) is 30.8 Å². The van der Waals surface area contributed by atoms with E-state index < -0.39 is 0 Å². The molecule has 6 nitrogen and oxygen atoms in total. The van der Waals surface area contributed by atoms with Gasteiger partial charge in [-0.25, -0.2) is 4.98 Å². The average molecular weight is 355 g/mol. The van der Waals surface area contributed by atoms with Crippen LogP contribution in [0.25, 0.3) is 0 Å². The fourth-order valence-corrected chi connectivity index (χ4v) is 2.59. The Labute approximate surface area is 144 Å². The molecule has 0 atom stereocenters. The molecule has 0 fully saturated rings. The first-order chi connectivity index (χ1) is 10.6. The summed E-state index contributed by atoms with van der Waals surface area (Å²) in [6, 6.07) is 7.33. The summed E-state index contributed by atoms with van der Waals surface area (Å²) < 4.78 is 0. The van der Waals surface area contributed by atoms with E-state index >= 15 is 0 Å². The van der Waals surface area contributed by atoms with Crippen molar-refractivity contribution in [3.63, 3.8) is 0 Å². The van der Waals surface area contributed by atoms with Crippen LogP contribution in [0.15, 0.2) is 29.6 Å². The van der Waals surface area contributed by atoms with Crippen molar-refractivity contribution in [1.29, 1.82) is 0 Å². The molecule has 0 saturated heterocycles. The third-order valence-corrected chi connectivity index (χ3v) is 3.95. The minimum absolute atomic E-state index is 0. The zero-order valence-electron chi connectivity index (χ0n) is 12.7. The fourth-order valence-electron chi connectivity index (χ4n) is 1.93. The standard InChI is InChI=1S/C15H18N4O2S.ClH/c1-17-14(20)11-4-2-3-10(7-11)5-6-18-15(21)12-9-22-13(8-16)19-12;/h2-4,7,9H,5-6,8,16H2,1H3,(H,17,20)(H,18,21);1H. The molecule has 2 rings (SSSR count). The molecular weight excluding hydrogens is 336 g/mol. The second kappa shape index (κ2) is 9.24. The summed E-state index contributed by atoms with van der Waals surface area (Å²) in [4.78, 5) is 27.6. The Morgan fingerprint density at radius 3 is 2.74 bits per heavy atom. The molecule has 0 unspecified atom stereocenters. The normalized spacial score (nSPS) is 9.83. The smallest absolute Gasteiger partial charge is 0.270 e. The maximum atomic E-state index is 11.9. The van der Waals surface area contributed by atoms with Crippen LogP contribution < -0.4 is 16.4 Å². The van der Waals surface area contributed by atoms with Gasteiger partial charge in [-0.2, -0.15) is 0 Å². The van der Waals surface area contributed by atoms with Crippen LogP contribution in [0.2, 0.25) is 0 Å². The second-order valence-electron chi connectivity index (χ2n) is 4.62. The highest BCUT2D eigenvalue weighted by atomic mass is 35.5. The van der Waals surface area contributed by atoms with Crippen molar-refractivity contribution in [3.05, 3.63) is 51.5 Å². The molecule has 0 spiro atoms. The van der Waals surface area contributed by atoms with Gasteiger partial charge in [0.15, 0.2) is 0 Å². The van der Waals surface area contributed by atoms with Gasteiger partial charge in [-0.15, -0.1) is 23.7 Å². The molecule has 1 aromatic carbocycles. The molecule has 8 heteroatoms. The molecule has 0 bridgehead atoms. The molecule has 0 aliphatic rings.